The van der Waals surface area contributed by atoms with Gasteiger partial charge in [-0.25, -0.2) is 5.01 Å². The highest BCUT2D eigenvalue weighted by atomic mass is 28.3. The average Bonchev–Trinajstić information content (AvgIpc) is 3.70. The summed E-state index contributed by atoms with van der Waals surface area (Å²) in [5, 5.41) is 17.5. The van der Waals surface area contributed by atoms with Crippen molar-refractivity contribution in [1.82, 2.24) is 4.90 Å². The summed E-state index contributed by atoms with van der Waals surface area (Å²) in [6, 6.07) is 43.3. The fourth-order valence-corrected chi connectivity index (χ4v) is 13.7. The van der Waals surface area contributed by atoms with Gasteiger partial charge in [-0.2, -0.15) is 5.10 Å². The zero-order valence-corrected chi connectivity index (χ0v) is 35.7. The second-order valence-corrected chi connectivity index (χ2v) is 21.3. The first-order chi connectivity index (χ1) is 29.0. The number of amides is 3. The molecule has 5 aromatic carbocycles. The summed E-state index contributed by atoms with van der Waals surface area (Å²) < 4.78 is 12.8. The van der Waals surface area contributed by atoms with Crippen LogP contribution in [0.1, 0.15) is 48.4 Å². The minimum atomic E-state index is -2.53. The van der Waals surface area contributed by atoms with Crippen molar-refractivity contribution >= 4 is 48.1 Å². The number of hydrogen-bond donors (Lipinski definition) is 1. The number of carbonyl (C=O) groups is 3. The van der Waals surface area contributed by atoms with Crippen molar-refractivity contribution in [3.8, 4) is 5.75 Å². The van der Waals surface area contributed by atoms with Crippen LogP contribution in [0.2, 0.25) is 18.6 Å². The van der Waals surface area contributed by atoms with E-state index >= 15 is 4.79 Å². The molecule has 0 bridgehead atoms. The third-order valence-corrected chi connectivity index (χ3v) is 17.1. The van der Waals surface area contributed by atoms with Crippen LogP contribution in [-0.2, 0) is 37.8 Å². The van der Waals surface area contributed by atoms with E-state index in [0.29, 0.717) is 25.1 Å². The smallest absolute Gasteiger partial charge is 0.264 e. The molecule has 5 aromatic rings. The van der Waals surface area contributed by atoms with Crippen LogP contribution in [0.5, 0.6) is 5.75 Å². The van der Waals surface area contributed by atoms with Crippen LogP contribution in [0.15, 0.2) is 139 Å². The molecule has 10 nitrogen and oxygen atoms in total. The lowest BCUT2D eigenvalue weighted by molar-refractivity contribution is -0.150. The van der Waals surface area contributed by atoms with Gasteiger partial charge in [-0.15, -0.1) is 0 Å². The summed E-state index contributed by atoms with van der Waals surface area (Å²) in [5.74, 6) is 0.0653. The fraction of sp³-hybridized carbons (Fsp3) is 0.306. The molecule has 11 heteroatoms. The number of benzene rings is 5. The lowest BCUT2D eigenvalue weighted by Gasteiger charge is -2.37. The van der Waals surface area contributed by atoms with Gasteiger partial charge in [0.15, 0.2) is 5.60 Å². The minimum Gasteiger partial charge on any atom is -0.497 e. The van der Waals surface area contributed by atoms with Gasteiger partial charge in [0.2, 0.25) is 11.8 Å². The van der Waals surface area contributed by atoms with Crippen molar-refractivity contribution in [2.45, 2.75) is 69.6 Å². The van der Waals surface area contributed by atoms with Gasteiger partial charge in [0, 0.05) is 37.4 Å². The molecule has 0 aliphatic carbocycles. The van der Waals surface area contributed by atoms with Crippen LogP contribution in [0.25, 0.3) is 0 Å². The van der Waals surface area contributed by atoms with E-state index in [1.807, 2.05) is 121 Å². The van der Waals surface area contributed by atoms with E-state index in [2.05, 4.69) is 32.2 Å². The molecular formula is C49H52N4O6Si. The Labute approximate surface area is 353 Å². The molecular weight excluding hydrogens is 769 g/mol. The van der Waals surface area contributed by atoms with E-state index in [-0.39, 0.29) is 55.3 Å². The van der Waals surface area contributed by atoms with Crippen molar-refractivity contribution < 1.29 is 29.0 Å². The first kappa shape index (κ1) is 40.9. The molecule has 1 saturated heterocycles. The monoisotopic (exact) mass is 820 g/mol. The van der Waals surface area contributed by atoms with Gasteiger partial charge in [-0.05, 0) is 52.6 Å². The molecule has 3 amide bonds. The van der Waals surface area contributed by atoms with E-state index in [1.165, 1.54) is 10.2 Å². The summed E-state index contributed by atoms with van der Waals surface area (Å²) in [6.07, 6.45) is 0.383. The van der Waals surface area contributed by atoms with Crippen LogP contribution >= 0.6 is 0 Å². The number of aliphatic hydroxyl groups excluding tert-OH is 1. The van der Waals surface area contributed by atoms with E-state index < -0.39 is 19.8 Å². The van der Waals surface area contributed by atoms with Crippen molar-refractivity contribution in [1.29, 1.82) is 0 Å². The highest BCUT2D eigenvalue weighted by Crippen LogP contribution is 2.60. The topological polar surface area (TPSA) is 112 Å². The summed E-state index contributed by atoms with van der Waals surface area (Å²) in [5.41, 5.74) is 4.33. The number of ether oxygens (including phenoxy) is 2. The predicted octanol–water partition coefficient (Wildman–Crippen LogP) is 7.40. The second-order valence-electron chi connectivity index (χ2n) is 16.6. The van der Waals surface area contributed by atoms with Gasteiger partial charge in [0.05, 0.1) is 57.9 Å². The van der Waals surface area contributed by atoms with Gasteiger partial charge in [-0.1, -0.05) is 128 Å². The number of carbonyl (C=O) groups excluding carboxylic acids is 3. The Hall–Kier alpha value is -5.88. The fourth-order valence-electron chi connectivity index (χ4n) is 9.70. The molecule has 3 heterocycles. The number of aliphatic hydroxyl groups is 1. The van der Waals surface area contributed by atoms with E-state index in [1.54, 1.807) is 16.9 Å². The lowest BCUT2D eigenvalue weighted by atomic mass is 9.82. The van der Waals surface area contributed by atoms with Crippen LogP contribution in [0.3, 0.4) is 0 Å². The van der Waals surface area contributed by atoms with E-state index in [9.17, 15) is 14.7 Å². The number of para-hydroxylation sites is 1. The minimum absolute atomic E-state index is 0.0585. The maximum Gasteiger partial charge on any atom is 0.264 e. The molecule has 308 valence electrons. The standard InChI is InChI=1S/C49H52N4O6Si/c1-34-47(60(3,4)40-24-22-39(58-2)23-25-40)44(31-46(56)51(28-29-54)32-35-14-7-5-8-15-35)59-49(34)41-20-11-12-21-43(41)52(48(49)57)33-36-16-13-19-38(30-36)53-45(55)27-26-42(50-53)37-17-9-6-10-18-37/h5-25,30,34,44,47,54H,26-29,31-33H2,1-4H3/t34-,44+,47-,49+/m0/s1. The van der Waals surface area contributed by atoms with Crippen molar-refractivity contribution in [3.05, 3.63) is 156 Å². The summed E-state index contributed by atoms with van der Waals surface area (Å²) in [7, 11) is -0.878. The predicted molar refractivity (Wildman–Crippen MR) is 237 cm³/mol. The molecule has 1 fully saturated rings. The van der Waals surface area contributed by atoms with Crippen LogP contribution in [0.4, 0.5) is 11.4 Å². The van der Waals surface area contributed by atoms with E-state index in [4.69, 9.17) is 14.6 Å². The second kappa shape index (κ2) is 17.0. The summed E-state index contributed by atoms with van der Waals surface area (Å²) in [6.45, 7) is 7.32. The van der Waals surface area contributed by atoms with Gasteiger partial charge >= 0.3 is 0 Å². The highest BCUT2D eigenvalue weighted by Gasteiger charge is 2.66. The molecule has 60 heavy (non-hydrogen) atoms. The van der Waals surface area contributed by atoms with Gasteiger partial charge in [0.1, 0.15) is 5.75 Å². The molecule has 3 aliphatic rings. The number of anilines is 2. The third-order valence-electron chi connectivity index (χ3n) is 12.7. The number of hydrogen-bond acceptors (Lipinski definition) is 7. The van der Waals surface area contributed by atoms with Crippen LogP contribution < -0.4 is 19.8 Å². The Kier molecular flexibility index (Phi) is 11.6. The summed E-state index contributed by atoms with van der Waals surface area (Å²) >= 11 is 0. The molecule has 1 N–H and O–H groups in total. The lowest BCUT2D eigenvalue weighted by Crippen LogP contribution is -2.52. The first-order valence-electron chi connectivity index (χ1n) is 20.8. The molecule has 0 aromatic heterocycles. The van der Waals surface area contributed by atoms with E-state index in [0.717, 1.165) is 39.4 Å². The van der Waals surface area contributed by atoms with Gasteiger partial charge in [-0.3, -0.25) is 14.4 Å². The zero-order chi connectivity index (χ0) is 42.0. The van der Waals surface area contributed by atoms with Crippen LogP contribution in [0, 0.1) is 5.92 Å². The van der Waals surface area contributed by atoms with Crippen molar-refractivity contribution in [2.24, 2.45) is 11.0 Å². The maximum absolute atomic E-state index is 15.4. The zero-order valence-electron chi connectivity index (χ0n) is 34.7. The molecule has 1 spiro atoms. The van der Waals surface area contributed by atoms with Crippen molar-refractivity contribution in [3.63, 3.8) is 0 Å². The van der Waals surface area contributed by atoms with Crippen molar-refractivity contribution in [2.75, 3.05) is 30.2 Å². The number of methoxy groups -OCH3 is 1. The maximum atomic E-state index is 15.4. The Morgan fingerprint density at radius 3 is 2.28 bits per heavy atom. The van der Waals surface area contributed by atoms with Crippen LogP contribution in [-0.4, -0.2) is 67.9 Å². The third kappa shape index (κ3) is 7.57. The SMILES string of the molecule is COc1ccc([Si](C)(C)[C@@H]2[C@@H](CC(=O)N(CCO)Cc3ccccc3)O[C@]3(C(=O)N(Cc4cccc(N5N=C(c6ccccc6)CCC5=O)c4)c4ccccc43)[C@H]2C)cc1. The Bertz CT molecular complexity index is 2390. The molecule has 0 unspecified atom stereocenters. The molecule has 8 rings (SSSR count). The molecule has 0 radical (unpaired) electrons. The number of rotatable bonds is 13. The van der Waals surface area contributed by atoms with Gasteiger partial charge < -0.3 is 24.4 Å². The number of fused-ring (bicyclic) bond motifs is 2. The number of hydrazone groups is 1. The average molecular weight is 821 g/mol. The largest absolute Gasteiger partial charge is 0.497 e. The Morgan fingerprint density at radius 2 is 1.57 bits per heavy atom. The molecule has 0 saturated carbocycles. The molecule has 3 aliphatic heterocycles. The normalized spacial score (nSPS) is 21.3. The first-order valence-corrected chi connectivity index (χ1v) is 23.8. The highest BCUT2D eigenvalue weighted by molar-refractivity contribution is 6.91. The molecule has 4 atom stereocenters. The number of nitrogens with zero attached hydrogens (tertiary/aromatic N) is 4. The quantitative estimate of drug-likeness (QED) is 0.124. The Balaban J connectivity index is 1.14. The summed E-state index contributed by atoms with van der Waals surface area (Å²) in [4.78, 5) is 46.6. The van der Waals surface area contributed by atoms with Gasteiger partial charge in [0.25, 0.3) is 5.91 Å². The Morgan fingerprint density at radius 1 is 0.883 bits per heavy atom.